The molecule has 4 aromatic rings. The van der Waals surface area contributed by atoms with E-state index < -0.39 is 21.2 Å². The average Bonchev–Trinajstić information content (AvgIpc) is 3.30. The van der Waals surface area contributed by atoms with E-state index in [4.69, 9.17) is 16.7 Å². The molecule has 1 fully saturated rings. The van der Waals surface area contributed by atoms with Crippen LogP contribution in [-0.4, -0.2) is 46.1 Å². The highest BCUT2D eigenvalue weighted by molar-refractivity contribution is 7.91. The normalized spacial score (nSPS) is 19.4. The number of nitrogens with one attached hydrogen (secondary N) is 1. The molecule has 1 atom stereocenters. The number of aromatic nitrogens is 3. The number of rotatable bonds is 4. The number of hydrogen-bond donors (Lipinski definition) is 1. The van der Waals surface area contributed by atoms with Crippen LogP contribution < -0.4 is 5.32 Å². The van der Waals surface area contributed by atoms with Gasteiger partial charge >= 0.3 is 0 Å². The Balaban J connectivity index is 1.62. The molecule has 0 aliphatic carbocycles. The maximum absolute atomic E-state index is 13.5. The van der Waals surface area contributed by atoms with Gasteiger partial charge in [0.05, 0.1) is 33.8 Å². The molecule has 1 saturated heterocycles. The minimum Gasteiger partial charge on any atom is -0.346 e. The highest BCUT2D eigenvalue weighted by Crippen LogP contribution is 2.34. The molecule has 0 saturated carbocycles. The monoisotopic (exact) mass is 498 g/mol. The van der Waals surface area contributed by atoms with Gasteiger partial charge < -0.3 is 5.32 Å². The van der Waals surface area contributed by atoms with Gasteiger partial charge in [0.15, 0.2) is 15.7 Å². The Kier molecular flexibility index (Phi) is 5.41. The Labute approximate surface area is 200 Å². The standard InChI is InChI=1S/C24H20ClFN4O3S/c1-24(10-11-34(32,33)14-24)28-23(31)15-6-8-18-20(12-15)30(21-9-7-16(26)13-27-21)29-22(18)17-4-2-3-5-19(17)25/h2-9,12-13H,10-11,14H2,1H3,(H,28,31). The van der Waals surface area contributed by atoms with Gasteiger partial charge in [0.2, 0.25) is 0 Å². The molecule has 0 spiro atoms. The lowest BCUT2D eigenvalue weighted by atomic mass is 10.0. The summed E-state index contributed by atoms with van der Waals surface area (Å²) in [6.07, 6.45) is 1.45. The highest BCUT2D eigenvalue weighted by atomic mass is 35.5. The van der Waals surface area contributed by atoms with Crippen molar-refractivity contribution in [3.63, 3.8) is 0 Å². The quantitative estimate of drug-likeness (QED) is 0.455. The Bertz CT molecular complexity index is 1540. The van der Waals surface area contributed by atoms with Crippen LogP contribution in [0.4, 0.5) is 4.39 Å². The fourth-order valence-electron chi connectivity index (χ4n) is 4.23. The summed E-state index contributed by atoms with van der Waals surface area (Å²) in [5.74, 6) is -0.544. The van der Waals surface area contributed by atoms with Gasteiger partial charge in [0, 0.05) is 16.5 Å². The number of sulfone groups is 1. The van der Waals surface area contributed by atoms with E-state index in [0.717, 1.165) is 11.6 Å². The molecule has 1 aliphatic rings. The summed E-state index contributed by atoms with van der Waals surface area (Å²) in [5, 5.41) is 8.80. The Morgan fingerprint density at radius 3 is 2.65 bits per heavy atom. The van der Waals surface area contributed by atoms with Gasteiger partial charge in [0.1, 0.15) is 11.5 Å². The van der Waals surface area contributed by atoms with Crippen molar-refractivity contribution < 1.29 is 17.6 Å². The van der Waals surface area contributed by atoms with Crippen molar-refractivity contribution in [3.8, 4) is 17.1 Å². The van der Waals surface area contributed by atoms with E-state index >= 15 is 0 Å². The molecule has 1 N–H and O–H groups in total. The van der Waals surface area contributed by atoms with Crippen LogP contribution in [0.1, 0.15) is 23.7 Å². The van der Waals surface area contributed by atoms with Crippen LogP contribution >= 0.6 is 11.6 Å². The molecule has 3 heterocycles. The van der Waals surface area contributed by atoms with Gasteiger partial charge in [-0.25, -0.2) is 22.5 Å². The van der Waals surface area contributed by atoms with E-state index in [1.807, 2.05) is 18.2 Å². The first-order valence-corrected chi connectivity index (χ1v) is 12.8. The van der Waals surface area contributed by atoms with E-state index in [1.54, 1.807) is 31.2 Å². The smallest absolute Gasteiger partial charge is 0.251 e. The largest absolute Gasteiger partial charge is 0.346 e. The molecule has 5 rings (SSSR count). The zero-order chi connectivity index (χ0) is 24.1. The number of carbonyl (C=O) groups is 1. The molecule has 1 amide bonds. The fourth-order valence-corrected chi connectivity index (χ4v) is 6.55. The Morgan fingerprint density at radius 1 is 1.18 bits per heavy atom. The summed E-state index contributed by atoms with van der Waals surface area (Å²) in [4.78, 5) is 17.2. The van der Waals surface area contributed by atoms with Gasteiger partial charge in [-0.2, -0.15) is 5.10 Å². The summed E-state index contributed by atoms with van der Waals surface area (Å²) in [7, 11) is -3.17. The van der Waals surface area contributed by atoms with E-state index in [2.05, 4.69) is 10.3 Å². The average molecular weight is 499 g/mol. The molecule has 1 aliphatic heterocycles. The van der Waals surface area contributed by atoms with E-state index in [1.165, 1.54) is 16.8 Å². The number of benzene rings is 2. The highest BCUT2D eigenvalue weighted by Gasteiger charge is 2.39. The molecule has 34 heavy (non-hydrogen) atoms. The lowest BCUT2D eigenvalue weighted by Gasteiger charge is -2.23. The topological polar surface area (TPSA) is 93.9 Å². The van der Waals surface area contributed by atoms with E-state index in [9.17, 15) is 17.6 Å². The third kappa shape index (κ3) is 4.17. The summed E-state index contributed by atoms with van der Waals surface area (Å²) in [6, 6.07) is 15.1. The maximum atomic E-state index is 13.5. The number of amides is 1. The minimum atomic E-state index is -3.17. The molecule has 10 heteroatoms. The number of fused-ring (bicyclic) bond motifs is 1. The minimum absolute atomic E-state index is 0.0486. The summed E-state index contributed by atoms with van der Waals surface area (Å²) >= 11 is 6.42. The van der Waals surface area contributed by atoms with Crippen molar-refractivity contribution in [1.82, 2.24) is 20.1 Å². The fraction of sp³-hybridized carbons (Fsp3) is 0.208. The molecule has 2 aromatic heterocycles. The van der Waals surface area contributed by atoms with Gasteiger partial charge in [-0.3, -0.25) is 4.79 Å². The molecule has 1 unspecified atom stereocenters. The van der Waals surface area contributed by atoms with Crippen LogP contribution in [0.3, 0.4) is 0 Å². The van der Waals surface area contributed by atoms with Crippen molar-refractivity contribution in [3.05, 3.63) is 77.2 Å². The molecular formula is C24H20ClFN4O3S. The zero-order valence-corrected chi connectivity index (χ0v) is 19.7. The van der Waals surface area contributed by atoms with Crippen molar-refractivity contribution in [1.29, 1.82) is 0 Å². The molecule has 2 aromatic carbocycles. The molecule has 7 nitrogen and oxygen atoms in total. The summed E-state index contributed by atoms with van der Waals surface area (Å²) in [5.41, 5.74) is 1.38. The van der Waals surface area contributed by atoms with Gasteiger partial charge in [-0.05, 0) is 49.7 Å². The van der Waals surface area contributed by atoms with Crippen LogP contribution in [0.2, 0.25) is 5.02 Å². The second-order valence-electron chi connectivity index (χ2n) is 8.66. The first-order valence-electron chi connectivity index (χ1n) is 10.6. The third-order valence-electron chi connectivity index (χ3n) is 5.92. The lowest BCUT2D eigenvalue weighted by Crippen LogP contribution is -2.46. The number of pyridine rings is 1. The number of hydrogen-bond acceptors (Lipinski definition) is 5. The van der Waals surface area contributed by atoms with Crippen LogP contribution in [0.5, 0.6) is 0 Å². The number of halogens is 2. The summed E-state index contributed by atoms with van der Waals surface area (Å²) < 4.78 is 38.9. The van der Waals surface area contributed by atoms with Crippen LogP contribution in [-0.2, 0) is 9.84 Å². The van der Waals surface area contributed by atoms with Gasteiger partial charge in [-0.1, -0.05) is 29.8 Å². The molecule has 174 valence electrons. The molecule has 0 radical (unpaired) electrons. The van der Waals surface area contributed by atoms with Crippen LogP contribution in [0.25, 0.3) is 28.0 Å². The third-order valence-corrected chi connectivity index (χ3v) is 8.15. The summed E-state index contributed by atoms with van der Waals surface area (Å²) in [6.45, 7) is 1.73. The second-order valence-corrected chi connectivity index (χ2v) is 11.3. The maximum Gasteiger partial charge on any atom is 0.251 e. The molecule has 0 bridgehead atoms. The first kappa shape index (κ1) is 22.5. The van der Waals surface area contributed by atoms with Crippen molar-refractivity contribution in [2.24, 2.45) is 0 Å². The first-order chi connectivity index (χ1) is 16.1. The van der Waals surface area contributed by atoms with E-state index in [-0.39, 0.29) is 17.4 Å². The Hall–Kier alpha value is -3.30. The lowest BCUT2D eigenvalue weighted by molar-refractivity contribution is 0.0915. The van der Waals surface area contributed by atoms with Crippen LogP contribution in [0, 0.1) is 5.82 Å². The Morgan fingerprint density at radius 2 is 1.97 bits per heavy atom. The number of nitrogens with zero attached hydrogens (tertiary/aromatic N) is 3. The van der Waals surface area contributed by atoms with Gasteiger partial charge in [-0.15, -0.1) is 0 Å². The molecular weight excluding hydrogens is 479 g/mol. The second kappa shape index (κ2) is 8.18. The van der Waals surface area contributed by atoms with Crippen molar-refractivity contribution >= 4 is 38.2 Å². The predicted molar refractivity (Wildman–Crippen MR) is 128 cm³/mol. The number of carbonyl (C=O) groups excluding carboxylic acids is 1. The predicted octanol–water partition coefficient (Wildman–Crippen LogP) is 4.19. The van der Waals surface area contributed by atoms with Crippen molar-refractivity contribution in [2.75, 3.05) is 11.5 Å². The van der Waals surface area contributed by atoms with Crippen LogP contribution in [0.15, 0.2) is 60.8 Å². The van der Waals surface area contributed by atoms with E-state index in [0.29, 0.717) is 39.6 Å². The van der Waals surface area contributed by atoms with Crippen molar-refractivity contribution in [2.45, 2.75) is 18.9 Å². The SMILES string of the molecule is CC1(NC(=O)c2ccc3c(-c4ccccc4Cl)nn(-c4ccc(F)cn4)c3c2)CCS(=O)(=O)C1. The zero-order valence-electron chi connectivity index (χ0n) is 18.1. The van der Waals surface area contributed by atoms with Gasteiger partial charge in [0.25, 0.3) is 5.91 Å².